The number of aliphatic hydroxyl groups is 2. The van der Waals surface area contributed by atoms with E-state index in [4.69, 9.17) is 19.6 Å². The number of fused-ring (bicyclic) bond motifs is 6. The van der Waals surface area contributed by atoms with Gasteiger partial charge in [0.1, 0.15) is 18.9 Å². The zero-order valence-electron chi connectivity index (χ0n) is 53.9. The molecule has 4 N–H and O–H groups in total. The van der Waals surface area contributed by atoms with Gasteiger partial charge >= 0.3 is 5.97 Å². The molecule has 0 bridgehead atoms. The second-order valence-corrected chi connectivity index (χ2v) is 33.1. The number of carbonyl (C=O) groups excluding carboxylic acids is 3. The van der Waals surface area contributed by atoms with Crippen LogP contribution in [0.4, 0.5) is 0 Å². The molecule has 1 atom stereocenters. The lowest BCUT2D eigenvalue weighted by atomic mass is 9.85. The molecule has 1 aliphatic carbocycles. The van der Waals surface area contributed by atoms with Crippen LogP contribution in [-0.4, -0.2) is 102 Å². The van der Waals surface area contributed by atoms with Crippen LogP contribution >= 0.6 is 45.3 Å². The molecular formula is C65H95N9O7S4. The minimum absolute atomic E-state index is 0.00458. The molecule has 12 rings (SSSR count). The summed E-state index contributed by atoms with van der Waals surface area (Å²) in [6.45, 7) is 45.4. The van der Waals surface area contributed by atoms with Gasteiger partial charge in [-0.15, -0.1) is 45.3 Å². The second kappa shape index (κ2) is 27.3. The summed E-state index contributed by atoms with van der Waals surface area (Å²) in [5.74, 6) is -0.397. The van der Waals surface area contributed by atoms with Crippen molar-refractivity contribution in [1.82, 2.24) is 45.2 Å². The summed E-state index contributed by atoms with van der Waals surface area (Å²) in [6.07, 6.45) is 5.38. The van der Waals surface area contributed by atoms with Gasteiger partial charge in [-0.1, -0.05) is 137 Å². The van der Waals surface area contributed by atoms with Gasteiger partial charge in [-0.05, 0) is 36.0 Å². The standard InChI is InChI=1S/C12H18N2O2S.C12H14O2.C11H17NOS.C10H15N3O.C10H16N2S.C10H15NOS/c1-12(2,3)11-13-8-4-5-14(10(16)7-15)6-9(8)17-11;1-12(2,3)9-5-4-8-7-14-11(13)10(8)6-9;1-11(2,3)10-12-8-5-4-7(13)6-9(8)14-10;1-10(2,3)8-6-7-9(14)11-4-5-13(7)12-8;1-10(2,3)9-12-7-4-5-11-6-8(7)13-9;1-10(2,3)9-11-7-4-5-12-6-8(7)13-9/h15H,4-7H2,1-3H3;4-6H,7H2,1-3H3;7,13H,4-6H2,1-3H3;6H,4-5H2,1-3H3,(H,11,14);11H,4-6H2,1-3H3;4-6H2,1-3H3. The minimum Gasteiger partial charge on any atom is -0.457 e. The Morgan fingerprint density at radius 2 is 1.19 bits per heavy atom. The number of ether oxygens (including phenoxy) is 2. The first-order valence-electron chi connectivity index (χ1n) is 30.0. The SMILES string of the molecule is CC(C)(C)c1cc2n(n1)CCNC2=O.CC(C)(C)c1ccc2c(c1)C(=O)OC2.CC(C)(C)c1nc2c(s1)CC(O)CC2.CC(C)(C)c1nc2c(s1)CN(C(=O)CO)CC2.CC(C)(C)c1nc2c(s1)CNCC2.CC(C)(C)c1nc2c(s1)COCC2. The van der Waals surface area contributed by atoms with Gasteiger partial charge in [0.05, 0.1) is 91.3 Å². The number of aliphatic hydroxyl groups excluding tert-OH is 2. The highest BCUT2D eigenvalue weighted by molar-refractivity contribution is 7.12. The van der Waals surface area contributed by atoms with E-state index in [-0.39, 0.29) is 56.4 Å². The molecule has 6 aromatic rings. The molecule has 20 heteroatoms. The maximum Gasteiger partial charge on any atom is 0.338 e. The van der Waals surface area contributed by atoms with Crippen molar-refractivity contribution in [2.45, 2.75) is 235 Å². The maximum absolute atomic E-state index is 11.5. The average molecular weight is 1240 g/mol. The Hall–Kier alpha value is -4.80. The van der Waals surface area contributed by atoms with E-state index in [0.29, 0.717) is 31.9 Å². The lowest BCUT2D eigenvalue weighted by molar-refractivity contribution is -0.135. The van der Waals surface area contributed by atoms with Gasteiger partial charge in [-0.25, -0.2) is 24.7 Å². The van der Waals surface area contributed by atoms with E-state index in [9.17, 15) is 19.5 Å². The van der Waals surface area contributed by atoms with Crippen LogP contribution in [0.5, 0.6) is 0 Å². The van der Waals surface area contributed by atoms with Gasteiger partial charge in [0.2, 0.25) is 5.91 Å². The van der Waals surface area contributed by atoms with Crippen molar-refractivity contribution in [2.75, 3.05) is 32.8 Å². The van der Waals surface area contributed by atoms with E-state index >= 15 is 0 Å². The highest BCUT2D eigenvalue weighted by atomic mass is 32.1. The molecule has 0 fully saturated rings. The Bertz CT molecular complexity index is 3160. The van der Waals surface area contributed by atoms with E-state index in [1.54, 1.807) is 43.6 Å². The second-order valence-electron chi connectivity index (χ2n) is 28.7. The summed E-state index contributed by atoms with van der Waals surface area (Å²) in [7, 11) is 0. The number of esters is 1. The van der Waals surface area contributed by atoms with Crippen LogP contribution in [0.1, 0.15) is 231 Å². The number of hydrogen-bond donors (Lipinski definition) is 4. The third kappa shape index (κ3) is 18.2. The molecule has 0 saturated carbocycles. The quantitative estimate of drug-likeness (QED) is 0.113. The lowest BCUT2D eigenvalue weighted by Gasteiger charge is -2.25. The van der Waals surface area contributed by atoms with Crippen LogP contribution in [0.3, 0.4) is 0 Å². The number of thiazole rings is 4. The number of benzene rings is 1. The third-order valence-electron chi connectivity index (χ3n) is 14.7. The summed E-state index contributed by atoms with van der Waals surface area (Å²) < 4.78 is 12.1. The fraction of sp³-hybridized carbons (Fsp3) is 0.631. The molecule has 5 aromatic heterocycles. The number of carbonyl (C=O) groups is 3. The van der Waals surface area contributed by atoms with Crippen molar-refractivity contribution in [1.29, 1.82) is 0 Å². The van der Waals surface area contributed by atoms with Crippen LogP contribution in [0.2, 0.25) is 0 Å². The van der Waals surface area contributed by atoms with Gasteiger partial charge in [0, 0.05) is 99.1 Å². The molecular weight excluding hydrogens is 1150 g/mol. The van der Waals surface area contributed by atoms with Crippen molar-refractivity contribution < 1.29 is 34.1 Å². The maximum atomic E-state index is 11.5. The van der Waals surface area contributed by atoms with Crippen LogP contribution in [0.15, 0.2) is 24.3 Å². The molecule has 0 saturated heterocycles. The molecule has 1 unspecified atom stereocenters. The van der Waals surface area contributed by atoms with Gasteiger partial charge in [0.25, 0.3) is 5.91 Å². The Kier molecular flexibility index (Phi) is 21.7. The van der Waals surface area contributed by atoms with Crippen molar-refractivity contribution in [3.8, 4) is 0 Å². The number of nitrogens with zero attached hydrogens (tertiary/aromatic N) is 7. The van der Waals surface area contributed by atoms with Crippen LogP contribution in [-0.2, 0) is 112 Å². The molecule has 1 aromatic carbocycles. The summed E-state index contributed by atoms with van der Waals surface area (Å²) in [5.41, 5.74) is 10.2. The molecule has 2 amide bonds. The van der Waals surface area contributed by atoms with E-state index in [2.05, 4.69) is 161 Å². The van der Waals surface area contributed by atoms with Crippen LogP contribution < -0.4 is 10.6 Å². The van der Waals surface area contributed by atoms with Crippen molar-refractivity contribution in [3.63, 3.8) is 0 Å². The van der Waals surface area contributed by atoms with Crippen molar-refractivity contribution in [3.05, 3.63) is 115 Å². The summed E-state index contributed by atoms with van der Waals surface area (Å²) in [6, 6.07) is 7.89. The van der Waals surface area contributed by atoms with E-state index in [1.165, 1.54) is 57.2 Å². The van der Waals surface area contributed by atoms with Gasteiger partial charge in [-0.3, -0.25) is 14.3 Å². The van der Waals surface area contributed by atoms with Crippen LogP contribution in [0.25, 0.3) is 0 Å². The normalized spacial score (nSPS) is 17.3. The predicted molar refractivity (Wildman–Crippen MR) is 344 cm³/mol. The summed E-state index contributed by atoms with van der Waals surface area (Å²) in [5, 5.41) is 33.9. The molecule has 10 heterocycles. The van der Waals surface area contributed by atoms with E-state index < -0.39 is 6.61 Å². The molecule has 85 heavy (non-hydrogen) atoms. The summed E-state index contributed by atoms with van der Waals surface area (Å²) >= 11 is 7.14. The third-order valence-corrected chi connectivity index (χ3v) is 20.8. The monoisotopic (exact) mass is 1240 g/mol. The molecule has 0 radical (unpaired) electrons. The Morgan fingerprint density at radius 1 is 0.635 bits per heavy atom. The Balaban J connectivity index is 0.000000146. The molecule has 6 aliphatic rings. The number of aromatic nitrogens is 6. The molecule has 0 spiro atoms. The number of cyclic esters (lactones) is 1. The van der Waals surface area contributed by atoms with E-state index in [1.807, 2.05) is 29.5 Å². The number of amides is 2. The minimum atomic E-state index is -0.403. The number of nitrogens with one attached hydrogen (secondary N) is 2. The van der Waals surface area contributed by atoms with Crippen LogP contribution in [0, 0.1) is 0 Å². The van der Waals surface area contributed by atoms with Gasteiger partial charge in [0.15, 0.2) is 0 Å². The fourth-order valence-electron chi connectivity index (χ4n) is 9.38. The highest BCUT2D eigenvalue weighted by Crippen LogP contribution is 2.36. The number of rotatable bonds is 1. The topological polar surface area (TPSA) is 207 Å². The first kappa shape index (κ1) is 67.7. The number of aryl methyl sites for hydroxylation is 1. The Morgan fingerprint density at radius 3 is 1.73 bits per heavy atom. The molecule has 5 aliphatic heterocycles. The van der Waals surface area contributed by atoms with Gasteiger partial charge < -0.3 is 35.2 Å². The summed E-state index contributed by atoms with van der Waals surface area (Å²) in [4.78, 5) is 59.8. The fourth-order valence-corrected chi connectivity index (χ4v) is 14.0. The largest absolute Gasteiger partial charge is 0.457 e. The zero-order valence-corrected chi connectivity index (χ0v) is 57.2. The smallest absolute Gasteiger partial charge is 0.338 e. The Labute approximate surface area is 521 Å². The predicted octanol–water partition coefficient (Wildman–Crippen LogP) is 11.8. The van der Waals surface area contributed by atoms with E-state index in [0.717, 1.165) is 98.9 Å². The lowest BCUT2D eigenvalue weighted by Crippen LogP contribution is -2.37. The first-order valence-corrected chi connectivity index (χ1v) is 33.2. The van der Waals surface area contributed by atoms with Crippen molar-refractivity contribution in [2.24, 2.45) is 0 Å². The zero-order chi connectivity index (χ0) is 62.6. The highest BCUT2D eigenvalue weighted by Gasteiger charge is 2.31. The van der Waals surface area contributed by atoms with Crippen molar-refractivity contribution >= 4 is 63.1 Å². The molecule has 16 nitrogen and oxygen atoms in total. The first-order chi connectivity index (χ1) is 39.5. The van der Waals surface area contributed by atoms with Gasteiger partial charge in [-0.2, -0.15) is 5.10 Å². The number of hydrogen-bond acceptors (Lipinski definition) is 17. The average Bonchev–Trinajstić information content (AvgIpc) is 3.44. The molecule has 466 valence electrons.